The van der Waals surface area contributed by atoms with E-state index in [1.165, 1.54) is 0 Å². The van der Waals surface area contributed by atoms with Gasteiger partial charge < -0.3 is 15.3 Å². The van der Waals surface area contributed by atoms with Gasteiger partial charge in [-0.05, 0) is 5.92 Å². The summed E-state index contributed by atoms with van der Waals surface area (Å²) in [4.78, 5) is 20.5. The number of hydrogen-bond acceptors (Lipinski definition) is 5. The third-order valence-corrected chi connectivity index (χ3v) is 5.01. The van der Waals surface area contributed by atoms with Gasteiger partial charge in [0, 0.05) is 23.1 Å². The highest BCUT2D eigenvalue weighted by atomic mass is 16.4. The van der Waals surface area contributed by atoms with E-state index < -0.39 is 24.6 Å². The van der Waals surface area contributed by atoms with Crippen LogP contribution >= 0.6 is 0 Å². The van der Waals surface area contributed by atoms with E-state index in [0.717, 1.165) is 28.1 Å². The lowest BCUT2D eigenvalue weighted by atomic mass is 9.96. The number of carbonyl (C=O) groups is 1. The Morgan fingerprint density at radius 3 is 2.09 bits per heavy atom. The van der Waals surface area contributed by atoms with Gasteiger partial charge in [0.25, 0.3) is 0 Å². The maximum atomic E-state index is 10.8. The molecular weight excluding hydrogens is 404 g/mol. The van der Waals surface area contributed by atoms with E-state index in [4.69, 9.17) is 15.1 Å². The summed E-state index contributed by atoms with van der Waals surface area (Å²) in [5.41, 5.74) is 4.22. The number of aliphatic hydroxyl groups excluding tert-OH is 2. The van der Waals surface area contributed by atoms with Gasteiger partial charge in [-0.3, -0.25) is 4.79 Å². The summed E-state index contributed by atoms with van der Waals surface area (Å²) in [5, 5.41) is 29.0. The quantitative estimate of drug-likeness (QED) is 0.459. The summed E-state index contributed by atoms with van der Waals surface area (Å²) >= 11 is 0. The largest absolute Gasteiger partial charge is 0.481 e. The molecule has 1 heterocycles. The van der Waals surface area contributed by atoms with Crippen LogP contribution in [-0.4, -0.2) is 43.5 Å². The number of aliphatic hydroxyl groups is 2. The van der Waals surface area contributed by atoms with Crippen molar-refractivity contribution in [3.8, 4) is 22.6 Å². The van der Waals surface area contributed by atoms with E-state index >= 15 is 0 Å². The molecule has 1 aromatic heterocycles. The Morgan fingerprint density at radius 1 is 0.938 bits per heavy atom. The van der Waals surface area contributed by atoms with Gasteiger partial charge in [-0.2, -0.15) is 0 Å². The molecule has 0 aliphatic heterocycles. The minimum atomic E-state index is -1.12. The second-order valence-corrected chi connectivity index (χ2v) is 8.00. The Hall–Kier alpha value is -3.35. The van der Waals surface area contributed by atoms with Crippen molar-refractivity contribution in [2.75, 3.05) is 0 Å². The number of aromatic nitrogens is 2. The van der Waals surface area contributed by atoms with E-state index in [1.54, 1.807) is 12.2 Å². The average Bonchev–Trinajstić information content (AvgIpc) is 2.77. The Morgan fingerprint density at radius 2 is 1.53 bits per heavy atom. The number of nitrogens with zero attached hydrogens (tertiary/aromatic N) is 2. The van der Waals surface area contributed by atoms with E-state index in [-0.39, 0.29) is 12.3 Å². The molecule has 2 unspecified atom stereocenters. The molecule has 0 amide bonds. The summed E-state index contributed by atoms with van der Waals surface area (Å²) in [5.74, 6) is -0.382. The monoisotopic (exact) mass is 432 g/mol. The fraction of sp³-hybridized carbons (Fsp3) is 0.269. The van der Waals surface area contributed by atoms with Crippen LogP contribution in [0.15, 0.2) is 66.7 Å². The summed E-state index contributed by atoms with van der Waals surface area (Å²) in [7, 11) is 0. The zero-order valence-corrected chi connectivity index (χ0v) is 18.2. The molecule has 0 fully saturated rings. The smallest absolute Gasteiger partial charge is 0.305 e. The highest BCUT2D eigenvalue weighted by Gasteiger charge is 2.18. The van der Waals surface area contributed by atoms with Crippen molar-refractivity contribution >= 4 is 12.0 Å². The van der Waals surface area contributed by atoms with E-state index in [2.05, 4.69) is 13.8 Å². The average molecular weight is 433 g/mol. The van der Waals surface area contributed by atoms with E-state index in [0.29, 0.717) is 5.82 Å². The first-order chi connectivity index (χ1) is 15.3. The molecule has 3 rings (SSSR count). The van der Waals surface area contributed by atoms with Gasteiger partial charge in [-0.1, -0.05) is 86.7 Å². The molecule has 0 bridgehead atoms. The summed E-state index contributed by atoms with van der Waals surface area (Å²) in [6.45, 7) is 4.10. The maximum absolute atomic E-state index is 10.8. The van der Waals surface area contributed by atoms with Crippen molar-refractivity contribution in [3.63, 3.8) is 0 Å². The van der Waals surface area contributed by atoms with Crippen LogP contribution in [0, 0.1) is 0 Å². The molecule has 0 aliphatic carbocycles. The number of rotatable bonds is 9. The van der Waals surface area contributed by atoms with Gasteiger partial charge in [-0.25, -0.2) is 9.97 Å². The van der Waals surface area contributed by atoms with Gasteiger partial charge in [0.2, 0.25) is 0 Å². The van der Waals surface area contributed by atoms with Crippen LogP contribution in [0.3, 0.4) is 0 Å². The van der Waals surface area contributed by atoms with Gasteiger partial charge in [-0.15, -0.1) is 0 Å². The van der Waals surface area contributed by atoms with Crippen molar-refractivity contribution in [1.29, 1.82) is 0 Å². The van der Waals surface area contributed by atoms with Gasteiger partial charge in [0.1, 0.15) is 0 Å². The third-order valence-electron chi connectivity index (χ3n) is 5.01. The predicted molar refractivity (Wildman–Crippen MR) is 125 cm³/mol. The second kappa shape index (κ2) is 10.8. The third kappa shape index (κ3) is 6.09. The first-order valence-electron chi connectivity index (χ1n) is 10.6. The zero-order valence-electron chi connectivity index (χ0n) is 18.2. The van der Waals surface area contributed by atoms with Crippen molar-refractivity contribution in [2.24, 2.45) is 0 Å². The SMILES string of the molecule is CC(C)c1nc(-c2ccccc2)nc(-c2ccccc2)c1C=CC(O)CC(O)CC(=O)O. The molecule has 6 nitrogen and oxygen atoms in total. The van der Waals surface area contributed by atoms with Gasteiger partial charge in [0.15, 0.2) is 5.82 Å². The highest BCUT2D eigenvalue weighted by Crippen LogP contribution is 2.31. The lowest BCUT2D eigenvalue weighted by molar-refractivity contribution is -0.139. The molecular formula is C26H28N2O4. The van der Waals surface area contributed by atoms with E-state index in [1.807, 2.05) is 60.7 Å². The van der Waals surface area contributed by atoms with Crippen molar-refractivity contribution in [3.05, 3.63) is 78.0 Å². The summed E-state index contributed by atoms with van der Waals surface area (Å²) in [6, 6.07) is 19.6. The standard InChI is InChI=1S/C26H28N2O4/c1-17(2)24-22(14-13-20(29)15-21(30)16-23(31)32)25(18-9-5-3-6-10-18)28-26(27-24)19-11-7-4-8-12-19/h3-14,17,20-21,29-30H,15-16H2,1-2H3,(H,31,32). The first-order valence-corrected chi connectivity index (χ1v) is 10.6. The van der Waals surface area contributed by atoms with Gasteiger partial charge >= 0.3 is 5.97 Å². The van der Waals surface area contributed by atoms with Crippen LogP contribution in [0.5, 0.6) is 0 Å². The molecule has 166 valence electrons. The van der Waals surface area contributed by atoms with Crippen LogP contribution in [-0.2, 0) is 4.79 Å². The summed E-state index contributed by atoms with van der Waals surface area (Å²) in [6.07, 6.45) is 0.730. The molecule has 0 spiro atoms. The van der Waals surface area contributed by atoms with Crippen molar-refractivity contribution < 1.29 is 20.1 Å². The fourth-order valence-electron chi connectivity index (χ4n) is 3.47. The second-order valence-electron chi connectivity index (χ2n) is 8.00. The number of carboxylic acid groups (broad SMARTS) is 1. The van der Waals surface area contributed by atoms with Crippen LogP contribution in [0.25, 0.3) is 28.7 Å². The lowest BCUT2D eigenvalue weighted by Gasteiger charge is -2.17. The molecule has 0 saturated heterocycles. The molecule has 32 heavy (non-hydrogen) atoms. The maximum Gasteiger partial charge on any atom is 0.305 e. The van der Waals surface area contributed by atoms with Crippen LogP contribution in [0.2, 0.25) is 0 Å². The molecule has 2 atom stereocenters. The fourth-order valence-corrected chi connectivity index (χ4v) is 3.47. The molecule has 6 heteroatoms. The Bertz CT molecular complexity index is 1070. The van der Waals surface area contributed by atoms with Crippen LogP contribution in [0.1, 0.15) is 43.9 Å². The number of hydrogen-bond donors (Lipinski definition) is 3. The highest BCUT2D eigenvalue weighted by molar-refractivity contribution is 5.76. The predicted octanol–water partition coefficient (Wildman–Crippen LogP) is 4.53. The lowest BCUT2D eigenvalue weighted by Crippen LogP contribution is -2.19. The van der Waals surface area contributed by atoms with Crippen molar-refractivity contribution in [1.82, 2.24) is 9.97 Å². The Balaban J connectivity index is 2.06. The molecule has 0 saturated carbocycles. The van der Waals surface area contributed by atoms with Crippen LogP contribution in [0.4, 0.5) is 0 Å². The van der Waals surface area contributed by atoms with Crippen LogP contribution < -0.4 is 0 Å². The number of carboxylic acids is 1. The molecule has 0 radical (unpaired) electrons. The van der Waals surface area contributed by atoms with E-state index in [9.17, 15) is 15.0 Å². The first kappa shape index (κ1) is 23.3. The van der Waals surface area contributed by atoms with Gasteiger partial charge in [0.05, 0.1) is 30.0 Å². The molecule has 3 aromatic rings. The number of aliphatic carboxylic acids is 1. The Labute approximate surface area is 187 Å². The normalized spacial score (nSPS) is 13.4. The molecule has 2 aromatic carbocycles. The topological polar surface area (TPSA) is 104 Å². The minimum absolute atomic E-state index is 0.0660. The number of benzene rings is 2. The molecule has 0 aliphatic rings. The van der Waals surface area contributed by atoms with Crippen molar-refractivity contribution in [2.45, 2.75) is 44.8 Å². The Kier molecular flexibility index (Phi) is 7.87. The summed E-state index contributed by atoms with van der Waals surface area (Å²) < 4.78 is 0. The minimum Gasteiger partial charge on any atom is -0.481 e. The zero-order chi connectivity index (χ0) is 23.1. The molecule has 3 N–H and O–H groups in total.